The lowest BCUT2D eigenvalue weighted by Gasteiger charge is -2.21. The smallest absolute Gasteiger partial charge is 0.266 e. The fourth-order valence-corrected chi connectivity index (χ4v) is 4.13. The van der Waals surface area contributed by atoms with E-state index in [1.807, 2.05) is 6.92 Å². The summed E-state index contributed by atoms with van der Waals surface area (Å²) < 4.78 is 27.3. The summed E-state index contributed by atoms with van der Waals surface area (Å²) in [5, 5.41) is 0.439. The lowest BCUT2D eigenvalue weighted by atomic mass is 10.2. The van der Waals surface area contributed by atoms with E-state index in [1.165, 1.54) is 30.8 Å². The van der Waals surface area contributed by atoms with E-state index >= 15 is 0 Å². The first kappa shape index (κ1) is 22.6. The van der Waals surface area contributed by atoms with Crippen LogP contribution in [0.15, 0.2) is 58.2 Å². The molecule has 0 aliphatic heterocycles. The van der Waals surface area contributed by atoms with Crippen molar-refractivity contribution in [1.29, 1.82) is 0 Å². The quantitative estimate of drug-likeness (QED) is 0.554. The van der Waals surface area contributed by atoms with Crippen LogP contribution in [0.1, 0.15) is 12.7 Å². The van der Waals surface area contributed by atoms with Crippen LogP contribution in [0.5, 0.6) is 0 Å². The van der Waals surface area contributed by atoms with Gasteiger partial charge in [-0.1, -0.05) is 19.1 Å². The molecule has 0 aliphatic rings. The number of sulfonamides is 1. The number of fused-ring (bicyclic) bond motifs is 1. The number of carbonyl (C=O) groups is 1. The number of likely N-dealkylation sites (N-methyl/N-ethyl adjacent to an activating group) is 1. The van der Waals surface area contributed by atoms with Crippen molar-refractivity contribution in [2.24, 2.45) is 5.73 Å². The van der Waals surface area contributed by atoms with Crippen molar-refractivity contribution in [1.82, 2.24) is 18.8 Å². The molecule has 0 bridgehead atoms. The Bertz CT molecular complexity index is 1270. The summed E-state index contributed by atoms with van der Waals surface area (Å²) >= 11 is 0. The van der Waals surface area contributed by atoms with E-state index in [-0.39, 0.29) is 23.5 Å². The van der Waals surface area contributed by atoms with Crippen LogP contribution < -0.4 is 11.3 Å². The maximum atomic E-state index is 13.3. The average molecular weight is 444 g/mol. The van der Waals surface area contributed by atoms with E-state index in [1.54, 1.807) is 41.3 Å². The number of benzene rings is 2. The summed E-state index contributed by atoms with van der Waals surface area (Å²) in [4.78, 5) is 31.3. The summed E-state index contributed by atoms with van der Waals surface area (Å²) in [6, 6.07) is 13.1. The molecule has 0 fully saturated rings. The van der Waals surface area contributed by atoms with Crippen molar-refractivity contribution in [3.8, 4) is 5.69 Å². The predicted molar refractivity (Wildman–Crippen MR) is 118 cm³/mol. The number of hydrogen-bond acceptors (Lipinski definition) is 6. The topological polar surface area (TPSA) is 119 Å². The van der Waals surface area contributed by atoms with E-state index in [0.717, 1.165) is 4.31 Å². The Hall–Kier alpha value is -3.08. The van der Waals surface area contributed by atoms with E-state index in [2.05, 4.69) is 4.98 Å². The lowest BCUT2D eigenvalue weighted by molar-refractivity contribution is -0.119. The van der Waals surface area contributed by atoms with Crippen molar-refractivity contribution in [2.75, 3.05) is 27.2 Å². The van der Waals surface area contributed by atoms with E-state index in [0.29, 0.717) is 29.0 Å². The highest BCUT2D eigenvalue weighted by Crippen LogP contribution is 2.18. The number of nitrogens with zero attached hydrogens (tertiary/aromatic N) is 4. The van der Waals surface area contributed by atoms with E-state index in [9.17, 15) is 18.0 Å². The second kappa shape index (κ2) is 8.96. The van der Waals surface area contributed by atoms with Gasteiger partial charge in [-0.3, -0.25) is 19.1 Å². The third-order valence-corrected chi connectivity index (χ3v) is 6.74. The maximum absolute atomic E-state index is 13.3. The monoisotopic (exact) mass is 443 g/mol. The average Bonchev–Trinajstić information content (AvgIpc) is 2.73. The predicted octanol–water partition coefficient (Wildman–Crippen LogP) is 0.943. The Morgan fingerprint density at radius 2 is 1.74 bits per heavy atom. The first-order valence-electron chi connectivity index (χ1n) is 9.69. The number of carbonyl (C=O) groups excluding carboxylic acids is 1. The van der Waals surface area contributed by atoms with Gasteiger partial charge in [-0.05, 0) is 42.9 Å². The molecule has 164 valence electrons. The van der Waals surface area contributed by atoms with Crippen LogP contribution in [-0.4, -0.2) is 60.3 Å². The molecular formula is C21H25N5O4S. The SMILES string of the molecule is CCN(CC(N)=O)Cc1nc2ccccc2c(=O)n1-c1ccc(S(=O)(=O)N(C)C)cc1. The zero-order valence-electron chi connectivity index (χ0n) is 17.6. The zero-order chi connectivity index (χ0) is 22.8. The molecule has 1 heterocycles. The van der Waals surface area contributed by atoms with Gasteiger partial charge in [0.25, 0.3) is 5.56 Å². The minimum absolute atomic E-state index is 0.0270. The van der Waals surface area contributed by atoms with Crippen molar-refractivity contribution in [2.45, 2.75) is 18.4 Å². The Balaban J connectivity index is 2.17. The highest BCUT2D eigenvalue weighted by molar-refractivity contribution is 7.89. The van der Waals surface area contributed by atoms with E-state index in [4.69, 9.17) is 5.73 Å². The van der Waals surface area contributed by atoms with Gasteiger partial charge in [-0.2, -0.15) is 0 Å². The molecule has 0 atom stereocenters. The molecule has 31 heavy (non-hydrogen) atoms. The second-order valence-electron chi connectivity index (χ2n) is 7.24. The van der Waals surface area contributed by atoms with Crippen molar-refractivity contribution >= 4 is 26.8 Å². The van der Waals surface area contributed by atoms with Gasteiger partial charge in [0.2, 0.25) is 15.9 Å². The number of nitrogens with two attached hydrogens (primary N) is 1. The van der Waals surface area contributed by atoms with Gasteiger partial charge in [-0.15, -0.1) is 0 Å². The fraction of sp³-hybridized carbons (Fsp3) is 0.286. The summed E-state index contributed by atoms with van der Waals surface area (Å²) in [7, 11) is -0.685. The first-order valence-corrected chi connectivity index (χ1v) is 11.1. The van der Waals surface area contributed by atoms with Crippen LogP contribution in [0.4, 0.5) is 0 Å². The van der Waals surface area contributed by atoms with Gasteiger partial charge in [0, 0.05) is 14.1 Å². The van der Waals surface area contributed by atoms with Crippen LogP contribution >= 0.6 is 0 Å². The summed E-state index contributed by atoms with van der Waals surface area (Å²) in [6.45, 7) is 2.66. The van der Waals surface area contributed by atoms with Gasteiger partial charge in [0.1, 0.15) is 5.82 Å². The van der Waals surface area contributed by atoms with Crippen LogP contribution in [-0.2, 0) is 21.4 Å². The molecule has 1 amide bonds. The molecule has 2 N–H and O–H groups in total. The van der Waals surface area contributed by atoms with Crippen LogP contribution in [0.3, 0.4) is 0 Å². The molecule has 0 radical (unpaired) electrons. The standard InChI is InChI=1S/C21H25N5O4S/c1-4-25(13-19(22)27)14-20-23-18-8-6-5-7-17(18)21(28)26(20)15-9-11-16(12-10-15)31(29,30)24(2)3/h5-12H,4,13-14H2,1-3H3,(H2,22,27). The summed E-state index contributed by atoms with van der Waals surface area (Å²) in [6.07, 6.45) is 0. The molecule has 2 aromatic carbocycles. The number of aromatic nitrogens is 2. The van der Waals surface area contributed by atoms with Crippen LogP contribution in [0.25, 0.3) is 16.6 Å². The number of para-hydroxylation sites is 1. The van der Waals surface area contributed by atoms with Crippen molar-refractivity contribution < 1.29 is 13.2 Å². The Kier molecular flexibility index (Phi) is 6.54. The molecule has 1 aromatic heterocycles. The van der Waals surface area contributed by atoms with Gasteiger partial charge in [0.15, 0.2) is 0 Å². The molecule has 0 aliphatic carbocycles. The number of primary amides is 1. The molecule has 0 saturated heterocycles. The molecule has 0 unspecified atom stereocenters. The van der Waals surface area contributed by atoms with E-state index < -0.39 is 15.9 Å². The molecule has 0 spiro atoms. The molecule has 3 aromatic rings. The Morgan fingerprint density at radius 1 is 1.10 bits per heavy atom. The molecular weight excluding hydrogens is 418 g/mol. The lowest BCUT2D eigenvalue weighted by Crippen LogP contribution is -2.36. The molecule has 10 heteroatoms. The number of rotatable bonds is 8. The molecule has 9 nitrogen and oxygen atoms in total. The Morgan fingerprint density at radius 3 is 2.32 bits per heavy atom. The van der Waals surface area contributed by atoms with Crippen LogP contribution in [0, 0.1) is 0 Å². The minimum atomic E-state index is -3.60. The maximum Gasteiger partial charge on any atom is 0.266 e. The third kappa shape index (κ3) is 4.66. The van der Waals surface area contributed by atoms with Gasteiger partial charge in [-0.25, -0.2) is 17.7 Å². The number of hydrogen-bond donors (Lipinski definition) is 1. The van der Waals surface area contributed by atoms with Gasteiger partial charge < -0.3 is 5.73 Å². The van der Waals surface area contributed by atoms with Crippen molar-refractivity contribution in [3.05, 3.63) is 64.7 Å². The van der Waals surface area contributed by atoms with Gasteiger partial charge >= 0.3 is 0 Å². The highest BCUT2D eigenvalue weighted by atomic mass is 32.2. The normalized spacial score (nSPS) is 12.0. The third-order valence-electron chi connectivity index (χ3n) is 4.91. The first-order chi connectivity index (χ1) is 14.6. The highest BCUT2D eigenvalue weighted by Gasteiger charge is 2.19. The van der Waals surface area contributed by atoms with Crippen molar-refractivity contribution in [3.63, 3.8) is 0 Å². The zero-order valence-corrected chi connectivity index (χ0v) is 18.5. The van der Waals surface area contributed by atoms with Crippen LogP contribution in [0.2, 0.25) is 0 Å². The summed E-state index contributed by atoms with van der Waals surface area (Å²) in [5.41, 5.74) is 6.08. The summed E-state index contributed by atoms with van der Waals surface area (Å²) in [5.74, 6) is -0.0511. The minimum Gasteiger partial charge on any atom is -0.369 e. The Labute approximate surface area is 180 Å². The van der Waals surface area contributed by atoms with Gasteiger partial charge in [0.05, 0.1) is 34.6 Å². The largest absolute Gasteiger partial charge is 0.369 e. The number of amides is 1. The molecule has 3 rings (SSSR count). The molecule has 0 saturated carbocycles. The fourth-order valence-electron chi connectivity index (χ4n) is 3.23. The second-order valence-corrected chi connectivity index (χ2v) is 9.39.